The Morgan fingerprint density at radius 3 is 2.47 bits per heavy atom. The Kier molecular flexibility index (Phi) is 6.01. The van der Waals surface area contributed by atoms with Gasteiger partial charge in [0.1, 0.15) is 5.82 Å². The Morgan fingerprint density at radius 2 is 1.81 bits per heavy atom. The summed E-state index contributed by atoms with van der Waals surface area (Å²) in [6.45, 7) is 9.33. The monoisotopic (exact) mass is 453 g/mol. The topological polar surface area (TPSA) is 56.3 Å². The van der Waals surface area contributed by atoms with E-state index in [0.29, 0.717) is 29.1 Å². The molecule has 4 rings (SSSR count). The second-order valence-electron chi connectivity index (χ2n) is 9.10. The maximum Gasteiger partial charge on any atom is 0.262 e. The van der Waals surface area contributed by atoms with Gasteiger partial charge in [-0.1, -0.05) is 52.0 Å². The van der Waals surface area contributed by atoms with Gasteiger partial charge < -0.3 is 0 Å². The van der Waals surface area contributed by atoms with Crippen molar-refractivity contribution in [2.24, 2.45) is 5.41 Å². The van der Waals surface area contributed by atoms with Crippen molar-refractivity contribution >= 4 is 28.9 Å². The fourth-order valence-electron chi connectivity index (χ4n) is 4.15. The van der Waals surface area contributed by atoms with Crippen molar-refractivity contribution < 1.29 is 4.39 Å². The van der Waals surface area contributed by atoms with Gasteiger partial charge in [-0.3, -0.25) is 19.1 Å². The lowest BCUT2D eigenvalue weighted by Crippen LogP contribution is -2.34. The molecule has 0 fully saturated rings. The highest BCUT2D eigenvalue weighted by Crippen LogP contribution is 2.32. The predicted molar refractivity (Wildman–Crippen MR) is 128 cm³/mol. The third kappa shape index (κ3) is 4.00. The first kappa shape index (κ1) is 22.4. The quantitative estimate of drug-likeness (QED) is 0.415. The zero-order valence-electron chi connectivity index (χ0n) is 18.8. The van der Waals surface area contributed by atoms with Crippen LogP contribution in [0.4, 0.5) is 4.39 Å². The maximum absolute atomic E-state index is 13.5. The van der Waals surface area contributed by atoms with Gasteiger partial charge in [-0.2, -0.15) is 0 Å². The average molecular weight is 454 g/mol. The Morgan fingerprint density at radius 1 is 1.12 bits per heavy atom. The predicted octanol–water partition coefficient (Wildman–Crippen LogP) is 5.06. The van der Waals surface area contributed by atoms with E-state index in [2.05, 4.69) is 26.1 Å². The Hall–Kier alpha value is -2.84. The Balaban J connectivity index is 1.80. The van der Waals surface area contributed by atoms with Crippen molar-refractivity contribution in [2.45, 2.75) is 53.4 Å². The molecule has 8 heteroatoms. The van der Waals surface area contributed by atoms with Gasteiger partial charge in [-0.05, 0) is 53.9 Å². The minimum atomic E-state index is -0.259. The number of aryl methyl sites for hydroxylation is 1. The first-order chi connectivity index (χ1) is 15.2. The van der Waals surface area contributed by atoms with Crippen LogP contribution in [0.2, 0.25) is 0 Å². The second-order valence-corrected chi connectivity index (χ2v) is 9.47. The van der Waals surface area contributed by atoms with Crippen LogP contribution in [-0.2, 0) is 13.2 Å². The van der Waals surface area contributed by atoms with E-state index in [1.807, 2.05) is 35.6 Å². The van der Waals surface area contributed by atoms with Crippen LogP contribution in [0.1, 0.15) is 45.7 Å². The van der Waals surface area contributed by atoms with Gasteiger partial charge in [0.15, 0.2) is 0 Å². The number of fused-ring (bicyclic) bond motifs is 3. The van der Waals surface area contributed by atoms with Crippen molar-refractivity contribution in [3.8, 4) is 0 Å². The standard InChI is InChI=1S/C24H28FN5OS/c1-5-14-28-21(31)18-8-6-7-9-19(18)30-22(28)27-29(23(30)32)15-26-20(24(2,3)4)16-10-12-17(25)13-11-16/h6-13,20,26H,5,14-15H2,1-4H3. The van der Waals surface area contributed by atoms with Crippen LogP contribution in [0.15, 0.2) is 53.3 Å². The lowest BCUT2D eigenvalue weighted by Gasteiger charge is -2.32. The fraction of sp³-hybridized carbons (Fsp3) is 0.375. The van der Waals surface area contributed by atoms with E-state index in [4.69, 9.17) is 17.3 Å². The van der Waals surface area contributed by atoms with Gasteiger partial charge in [-0.25, -0.2) is 9.07 Å². The highest BCUT2D eigenvalue weighted by Gasteiger charge is 2.26. The van der Waals surface area contributed by atoms with Crippen LogP contribution in [-0.4, -0.2) is 18.7 Å². The summed E-state index contributed by atoms with van der Waals surface area (Å²) in [6.07, 6.45) is 0.808. The molecule has 4 aromatic rings. The molecular weight excluding hydrogens is 425 g/mol. The van der Waals surface area contributed by atoms with E-state index in [9.17, 15) is 9.18 Å². The lowest BCUT2D eigenvalue weighted by atomic mass is 9.82. The highest BCUT2D eigenvalue weighted by atomic mass is 32.1. The third-order valence-electron chi connectivity index (χ3n) is 5.65. The molecule has 0 bridgehead atoms. The second kappa shape index (κ2) is 8.60. The number of benzene rings is 2. The summed E-state index contributed by atoms with van der Waals surface area (Å²) in [5.41, 5.74) is 1.55. The molecule has 1 atom stereocenters. The Labute approximate surface area is 191 Å². The molecule has 2 heterocycles. The number of hydrogen-bond acceptors (Lipinski definition) is 4. The van der Waals surface area contributed by atoms with Gasteiger partial charge in [0.25, 0.3) is 5.56 Å². The van der Waals surface area contributed by atoms with E-state index in [1.165, 1.54) is 12.1 Å². The van der Waals surface area contributed by atoms with Crippen LogP contribution in [0.5, 0.6) is 0 Å². The van der Waals surface area contributed by atoms with E-state index >= 15 is 0 Å². The smallest absolute Gasteiger partial charge is 0.262 e. The molecule has 6 nitrogen and oxygen atoms in total. The van der Waals surface area contributed by atoms with Crippen LogP contribution in [0.3, 0.4) is 0 Å². The molecule has 2 aromatic heterocycles. The van der Waals surface area contributed by atoms with Crippen LogP contribution >= 0.6 is 12.2 Å². The number of nitrogens with one attached hydrogen (secondary N) is 1. The zero-order valence-corrected chi connectivity index (χ0v) is 19.6. The van der Waals surface area contributed by atoms with Gasteiger partial charge in [0.05, 0.1) is 17.6 Å². The molecule has 2 aromatic carbocycles. The molecule has 0 aliphatic rings. The lowest BCUT2D eigenvalue weighted by molar-refractivity contribution is 0.251. The van der Waals surface area contributed by atoms with Gasteiger partial charge >= 0.3 is 0 Å². The molecular formula is C24H28FN5OS. The summed E-state index contributed by atoms with van der Waals surface area (Å²) in [4.78, 5) is 13.1. The molecule has 32 heavy (non-hydrogen) atoms. The molecule has 0 aliphatic carbocycles. The van der Waals surface area contributed by atoms with Gasteiger partial charge in [0, 0.05) is 12.6 Å². The molecule has 0 amide bonds. The fourth-order valence-corrected chi connectivity index (χ4v) is 4.44. The van der Waals surface area contributed by atoms with Gasteiger partial charge in [0.2, 0.25) is 10.5 Å². The van der Waals surface area contributed by atoms with Crippen molar-refractivity contribution in [3.63, 3.8) is 0 Å². The summed E-state index contributed by atoms with van der Waals surface area (Å²) in [5.74, 6) is 0.279. The summed E-state index contributed by atoms with van der Waals surface area (Å²) >= 11 is 5.78. The molecule has 0 saturated carbocycles. The third-order valence-corrected chi connectivity index (χ3v) is 6.04. The maximum atomic E-state index is 13.5. The summed E-state index contributed by atoms with van der Waals surface area (Å²) in [7, 11) is 0. The van der Waals surface area contributed by atoms with E-state index in [0.717, 1.165) is 17.5 Å². The van der Waals surface area contributed by atoms with Crippen molar-refractivity contribution in [3.05, 3.63) is 75.0 Å². The molecule has 0 aliphatic heterocycles. The first-order valence-corrected chi connectivity index (χ1v) is 11.2. The number of hydrogen-bond donors (Lipinski definition) is 1. The number of nitrogens with zero attached hydrogens (tertiary/aromatic N) is 4. The van der Waals surface area contributed by atoms with Crippen molar-refractivity contribution in [1.82, 2.24) is 24.1 Å². The SMILES string of the molecule is CCCn1c(=O)c2ccccc2n2c(=S)n(CNC(c3ccc(F)cc3)C(C)(C)C)nc12. The van der Waals surface area contributed by atoms with Crippen LogP contribution in [0.25, 0.3) is 16.7 Å². The van der Waals surface area contributed by atoms with Gasteiger partial charge in [-0.15, -0.1) is 5.10 Å². The summed E-state index contributed by atoms with van der Waals surface area (Å²) in [6, 6.07) is 14.0. The number of rotatable bonds is 6. The normalized spacial score (nSPS) is 13.2. The number of aromatic nitrogens is 4. The molecule has 0 radical (unpaired) electrons. The summed E-state index contributed by atoms with van der Waals surface area (Å²) < 4.78 is 19.2. The average Bonchev–Trinajstić information content (AvgIpc) is 3.08. The molecule has 168 valence electrons. The largest absolute Gasteiger partial charge is 0.291 e. The minimum Gasteiger partial charge on any atom is -0.291 e. The first-order valence-electron chi connectivity index (χ1n) is 10.8. The molecule has 0 spiro atoms. The van der Waals surface area contributed by atoms with E-state index < -0.39 is 0 Å². The molecule has 1 unspecified atom stereocenters. The number of para-hydroxylation sites is 1. The van der Waals surface area contributed by atoms with E-state index in [-0.39, 0.29) is 22.8 Å². The van der Waals surface area contributed by atoms with Crippen LogP contribution < -0.4 is 10.9 Å². The molecule has 1 N–H and O–H groups in total. The van der Waals surface area contributed by atoms with E-state index in [1.54, 1.807) is 21.4 Å². The summed E-state index contributed by atoms with van der Waals surface area (Å²) in [5, 5.41) is 8.88. The van der Waals surface area contributed by atoms with Crippen LogP contribution in [0, 0.1) is 16.0 Å². The number of halogens is 1. The zero-order chi connectivity index (χ0) is 23.0. The molecule has 0 saturated heterocycles. The van der Waals surface area contributed by atoms with Crippen molar-refractivity contribution in [1.29, 1.82) is 0 Å². The highest BCUT2D eigenvalue weighted by molar-refractivity contribution is 7.71. The van der Waals surface area contributed by atoms with Crippen molar-refractivity contribution in [2.75, 3.05) is 0 Å². The Bertz CT molecular complexity index is 1380. The minimum absolute atomic E-state index is 0.0515.